The lowest BCUT2D eigenvalue weighted by molar-refractivity contribution is 0.0695. The van der Waals surface area contributed by atoms with Crippen molar-refractivity contribution in [2.24, 2.45) is 5.92 Å². The molecule has 0 unspecified atom stereocenters. The molecule has 8 rings (SSSR count). The van der Waals surface area contributed by atoms with E-state index in [-0.39, 0.29) is 69.2 Å². The van der Waals surface area contributed by atoms with Crippen molar-refractivity contribution in [3.63, 3.8) is 0 Å². The Bertz CT molecular complexity index is 2880. The molecule has 346 valence electrons. The van der Waals surface area contributed by atoms with Crippen LogP contribution < -0.4 is 26.6 Å². The predicted molar refractivity (Wildman–Crippen MR) is 253 cm³/mol. The minimum absolute atomic E-state index is 0.0392. The van der Waals surface area contributed by atoms with E-state index in [1.165, 1.54) is 65.3 Å². The number of nitrogens with zero attached hydrogens (tertiary/aromatic N) is 2. The van der Waals surface area contributed by atoms with E-state index in [1.54, 1.807) is 49.0 Å². The van der Waals surface area contributed by atoms with Crippen LogP contribution in [0.3, 0.4) is 0 Å². The van der Waals surface area contributed by atoms with E-state index in [1.807, 2.05) is 20.8 Å². The lowest BCUT2D eigenvalue weighted by atomic mass is 9.91. The predicted octanol–water partition coefficient (Wildman–Crippen LogP) is 9.28. The molecule has 4 aromatic carbocycles. The number of aromatic carboxylic acids is 1. The maximum atomic E-state index is 15.0. The molecule has 1 atom stereocenters. The molecule has 6 aromatic rings. The molecule has 5 amide bonds. The summed E-state index contributed by atoms with van der Waals surface area (Å²) < 4.78 is 29.7. The first-order valence-corrected chi connectivity index (χ1v) is 23.2. The SMILES string of the molecule is Cc1c(F)cc(C(=O)NC2CC2)cc1-c1ccc(C(=O)N[C@@H](C)C(C)C)cc1C(=O)Nc1nccs1.Cc1c(F)cc(C(=O)NC2CC2)cc1-c1ccc(C(=O)O)cc1C(=O)Nc1nccs1. The molecule has 0 aliphatic heterocycles. The van der Waals surface area contributed by atoms with Gasteiger partial charge in [-0.3, -0.25) is 34.6 Å². The summed E-state index contributed by atoms with van der Waals surface area (Å²) in [4.78, 5) is 83.9. The van der Waals surface area contributed by atoms with Crippen LogP contribution in [0, 0.1) is 31.4 Å². The summed E-state index contributed by atoms with van der Waals surface area (Å²) in [6.45, 7) is 9.06. The van der Waals surface area contributed by atoms with E-state index in [4.69, 9.17) is 0 Å². The highest BCUT2D eigenvalue weighted by molar-refractivity contribution is 7.14. The third-order valence-electron chi connectivity index (χ3n) is 11.3. The Balaban J connectivity index is 0.000000201. The van der Waals surface area contributed by atoms with Crippen LogP contribution in [0.25, 0.3) is 22.3 Å². The Labute approximate surface area is 392 Å². The number of carboxylic acids is 1. The molecule has 18 heteroatoms. The third kappa shape index (κ3) is 11.8. The number of halogens is 2. The number of carbonyl (C=O) groups excluding carboxylic acids is 5. The average Bonchev–Trinajstić information content (AvgIpc) is 4.19. The fraction of sp³-hybridized carbons (Fsp3) is 0.265. The molecule has 14 nitrogen and oxygen atoms in total. The lowest BCUT2D eigenvalue weighted by Gasteiger charge is -2.19. The average molecular weight is 948 g/mol. The molecule has 67 heavy (non-hydrogen) atoms. The number of aromatic nitrogens is 2. The second-order valence-corrected chi connectivity index (χ2v) is 18.5. The fourth-order valence-electron chi connectivity index (χ4n) is 6.74. The van der Waals surface area contributed by atoms with Crippen LogP contribution in [0.2, 0.25) is 0 Å². The Hall–Kier alpha value is -7.18. The second kappa shape index (κ2) is 20.6. The van der Waals surface area contributed by atoms with Gasteiger partial charge >= 0.3 is 5.97 Å². The monoisotopic (exact) mass is 947 g/mol. The zero-order valence-corrected chi connectivity index (χ0v) is 38.7. The minimum Gasteiger partial charge on any atom is -0.478 e. The Kier molecular flexibility index (Phi) is 14.7. The van der Waals surface area contributed by atoms with E-state index in [0.29, 0.717) is 43.6 Å². The van der Waals surface area contributed by atoms with Gasteiger partial charge in [-0.25, -0.2) is 23.5 Å². The summed E-state index contributed by atoms with van der Waals surface area (Å²) in [6.07, 6.45) is 6.70. The van der Waals surface area contributed by atoms with Crippen LogP contribution in [-0.2, 0) is 0 Å². The van der Waals surface area contributed by atoms with E-state index in [0.717, 1.165) is 31.7 Å². The van der Waals surface area contributed by atoms with Gasteiger partial charge in [-0.1, -0.05) is 26.0 Å². The van der Waals surface area contributed by atoms with Crippen molar-refractivity contribution in [1.29, 1.82) is 0 Å². The van der Waals surface area contributed by atoms with Gasteiger partial charge in [0.15, 0.2) is 10.3 Å². The summed E-state index contributed by atoms with van der Waals surface area (Å²) in [5, 5.41) is 27.5. The van der Waals surface area contributed by atoms with E-state index >= 15 is 0 Å². The largest absolute Gasteiger partial charge is 0.478 e. The molecule has 0 saturated heterocycles. The molecule has 2 saturated carbocycles. The molecule has 2 aromatic heterocycles. The van der Waals surface area contributed by atoms with E-state index < -0.39 is 35.3 Å². The molecule has 2 fully saturated rings. The smallest absolute Gasteiger partial charge is 0.335 e. The second-order valence-electron chi connectivity index (χ2n) is 16.7. The number of hydrogen-bond donors (Lipinski definition) is 6. The summed E-state index contributed by atoms with van der Waals surface area (Å²) >= 11 is 2.47. The summed E-state index contributed by atoms with van der Waals surface area (Å²) in [7, 11) is 0. The van der Waals surface area contributed by atoms with Crippen molar-refractivity contribution >= 4 is 68.4 Å². The highest BCUT2D eigenvalue weighted by Crippen LogP contribution is 2.34. The van der Waals surface area contributed by atoms with Gasteiger partial charge in [0.2, 0.25) is 0 Å². The maximum Gasteiger partial charge on any atom is 0.335 e. The van der Waals surface area contributed by atoms with Gasteiger partial charge < -0.3 is 21.1 Å². The van der Waals surface area contributed by atoms with E-state index in [2.05, 4.69) is 36.6 Å². The van der Waals surface area contributed by atoms with Crippen molar-refractivity contribution in [2.45, 2.75) is 78.4 Å². The number of thiazole rings is 2. The molecular formula is C49H47F2N7O7S2. The van der Waals surface area contributed by atoms with Crippen molar-refractivity contribution in [3.8, 4) is 22.3 Å². The molecule has 2 aliphatic carbocycles. The van der Waals surface area contributed by atoms with Gasteiger partial charge in [0.25, 0.3) is 29.5 Å². The van der Waals surface area contributed by atoms with Gasteiger partial charge in [0.05, 0.1) is 5.56 Å². The number of benzene rings is 4. The first kappa shape index (κ1) is 47.8. The summed E-state index contributed by atoms with van der Waals surface area (Å²) in [5.41, 5.74) is 2.76. The minimum atomic E-state index is -1.20. The van der Waals surface area contributed by atoms with Gasteiger partial charge in [-0.15, -0.1) is 22.7 Å². The van der Waals surface area contributed by atoms with Crippen LogP contribution in [0.1, 0.15) is 120 Å². The van der Waals surface area contributed by atoms with Crippen molar-refractivity contribution < 1.29 is 42.7 Å². The van der Waals surface area contributed by atoms with Crippen LogP contribution in [0.15, 0.2) is 83.8 Å². The normalized spacial score (nSPS) is 13.4. The first-order valence-electron chi connectivity index (χ1n) is 21.4. The molecule has 6 N–H and O–H groups in total. The Morgan fingerprint density at radius 3 is 1.40 bits per heavy atom. The number of carbonyl (C=O) groups is 6. The van der Waals surface area contributed by atoms with Crippen LogP contribution in [0.5, 0.6) is 0 Å². The van der Waals surface area contributed by atoms with Crippen LogP contribution in [0.4, 0.5) is 19.0 Å². The first-order chi connectivity index (χ1) is 32.0. The topological polar surface area (TPSA) is 209 Å². The fourth-order valence-corrected chi connectivity index (χ4v) is 7.78. The van der Waals surface area contributed by atoms with E-state index in [9.17, 15) is 42.7 Å². The highest BCUT2D eigenvalue weighted by atomic mass is 32.1. The number of hydrogen-bond acceptors (Lipinski definition) is 10. The van der Waals surface area contributed by atoms with Crippen molar-refractivity contribution in [3.05, 3.63) is 140 Å². The molecular weight excluding hydrogens is 901 g/mol. The number of nitrogens with one attached hydrogen (secondary N) is 5. The van der Waals surface area contributed by atoms with Crippen LogP contribution in [-0.4, -0.2) is 68.7 Å². The third-order valence-corrected chi connectivity index (χ3v) is 12.7. The zero-order valence-electron chi connectivity index (χ0n) is 37.1. The quantitative estimate of drug-likeness (QED) is 0.0614. The maximum absolute atomic E-state index is 15.0. The zero-order chi connectivity index (χ0) is 48.1. The molecule has 2 heterocycles. The summed E-state index contributed by atoms with van der Waals surface area (Å²) in [6, 6.07) is 14.4. The highest BCUT2D eigenvalue weighted by Gasteiger charge is 2.28. The molecule has 2 aliphatic rings. The number of amides is 5. The Morgan fingerprint density at radius 2 is 1.01 bits per heavy atom. The van der Waals surface area contributed by atoms with Crippen LogP contribution >= 0.6 is 22.7 Å². The lowest BCUT2D eigenvalue weighted by Crippen LogP contribution is -2.36. The van der Waals surface area contributed by atoms with Gasteiger partial charge in [0, 0.05) is 69.1 Å². The number of anilines is 2. The van der Waals surface area contributed by atoms with Gasteiger partial charge in [0.1, 0.15) is 11.6 Å². The summed E-state index contributed by atoms with van der Waals surface area (Å²) in [5.74, 6) is -4.24. The van der Waals surface area contributed by atoms with Gasteiger partial charge in [-0.05, 0) is 134 Å². The molecule has 0 radical (unpaired) electrons. The molecule has 0 spiro atoms. The standard InChI is InChI=1S/C27H29FN4O3S.C22H18FN3O4S/c1-14(2)16(4)30-24(33)17-5-8-20(22(11-17)26(35)32-27-29-9-10-36-27)21-12-18(13-23(28)15(21)3)25(34)31-19-6-7-19;1-11-16(9-13(10-18(11)23)19(27)25-14-3-4-14)15-5-2-12(21(29)30)8-17(15)20(28)26-22-24-6-7-31-22/h5,8-14,16,19H,6-7H2,1-4H3,(H,30,33)(H,31,34)(H,29,32,35);2,5-10,14H,3-4H2,1H3,(H,25,27)(H,29,30)(H,24,26,28)/t16-;/m0./s1. The molecule has 0 bridgehead atoms. The van der Waals surface area contributed by atoms with Crippen molar-refractivity contribution in [1.82, 2.24) is 25.9 Å². The Morgan fingerprint density at radius 1 is 0.582 bits per heavy atom. The number of carboxylic acid groups (broad SMARTS) is 1. The number of rotatable bonds is 14. The van der Waals surface area contributed by atoms with Gasteiger partial charge in [-0.2, -0.15) is 0 Å². The van der Waals surface area contributed by atoms with Crippen molar-refractivity contribution in [2.75, 3.05) is 10.6 Å².